The number of amides is 2. The molecule has 0 aliphatic carbocycles. The van der Waals surface area contributed by atoms with Gasteiger partial charge in [0.2, 0.25) is 5.91 Å². The number of aromatic nitrogens is 3. The fraction of sp³-hybridized carbons (Fsp3) is 0.667. The molecule has 2 saturated heterocycles. The summed E-state index contributed by atoms with van der Waals surface area (Å²) in [5.74, 6) is 0.0705. The summed E-state index contributed by atoms with van der Waals surface area (Å²) < 4.78 is 7.19. The van der Waals surface area contributed by atoms with Gasteiger partial charge in [0.15, 0.2) is 5.60 Å². The third-order valence-corrected chi connectivity index (χ3v) is 3.86. The fourth-order valence-corrected chi connectivity index (χ4v) is 2.78. The zero-order valence-electron chi connectivity index (χ0n) is 11.4. The molecular weight excluding hydrogens is 262 g/mol. The molecular formula is C12H17N5O3. The SMILES string of the molecule is CN1CC2(CCN(C(=O)CCn3cnnc3)C2)OC1=O. The molecule has 0 radical (unpaired) electrons. The lowest BCUT2D eigenvalue weighted by Crippen LogP contribution is -2.39. The van der Waals surface area contributed by atoms with Gasteiger partial charge in [-0.3, -0.25) is 4.79 Å². The van der Waals surface area contributed by atoms with Crippen LogP contribution >= 0.6 is 0 Å². The van der Waals surface area contributed by atoms with Gasteiger partial charge in [-0.15, -0.1) is 10.2 Å². The van der Waals surface area contributed by atoms with Crippen molar-refractivity contribution in [3.63, 3.8) is 0 Å². The Morgan fingerprint density at radius 1 is 1.40 bits per heavy atom. The normalized spacial score (nSPS) is 25.6. The van der Waals surface area contributed by atoms with Gasteiger partial charge in [0.25, 0.3) is 0 Å². The Hall–Kier alpha value is -2.12. The van der Waals surface area contributed by atoms with E-state index in [2.05, 4.69) is 10.2 Å². The lowest BCUT2D eigenvalue weighted by molar-refractivity contribution is -0.131. The van der Waals surface area contributed by atoms with E-state index < -0.39 is 5.60 Å². The molecule has 8 heteroatoms. The molecule has 2 aliphatic rings. The topological polar surface area (TPSA) is 80.6 Å². The van der Waals surface area contributed by atoms with Gasteiger partial charge in [-0.05, 0) is 0 Å². The number of carbonyl (C=O) groups excluding carboxylic acids is 2. The molecule has 0 saturated carbocycles. The molecule has 3 heterocycles. The van der Waals surface area contributed by atoms with Crippen molar-refractivity contribution in [2.75, 3.05) is 26.7 Å². The third kappa shape index (κ3) is 2.33. The van der Waals surface area contributed by atoms with E-state index in [1.807, 2.05) is 0 Å². The van der Waals surface area contributed by atoms with Crippen LogP contribution in [0.3, 0.4) is 0 Å². The first-order valence-electron chi connectivity index (χ1n) is 6.62. The van der Waals surface area contributed by atoms with Crippen molar-refractivity contribution in [2.45, 2.75) is 25.0 Å². The van der Waals surface area contributed by atoms with Crippen molar-refractivity contribution in [3.8, 4) is 0 Å². The van der Waals surface area contributed by atoms with Crippen LogP contribution in [0, 0.1) is 0 Å². The highest BCUT2D eigenvalue weighted by atomic mass is 16.6. The van der Waals surface area contributed by atoms with Crippen molar-refractivity contribution in [1.29, 1.82) is 0 Å². The zero-order valence-corrected chi connectivity index (χ0v) is 11.4. The molecule has 20 heavy (non-hydrogen) atoms. The van der Waals surface area contributed by atoms with Gasteiger partial charge in [-0.25, -0.2) is 4.79 Å². The second-order valence-corrected chi connectivity index (χ2v) is 5.42. The smallest absolute Gasteiger partial charge is 0.410 e. The van der Waals surface area contributed by atoms with E-state index in [4.69, 9.17) is 4.74 Å². The largest absolute Gasteiger partial charge is 0.439 e. The summed E-state index contributed by atoms with van der Waals surface area (Å²) in [6.45, 7) is 2.25. The zero-order chi connectivity index (χ0) is 14.2. The van der Waals surface area contributed by atoms with Crippen LogP contribution in [0.5, 0.6) is 0 Å². The number of carbonyl (C=O) groups is 2. The summed E-state index contributed by atoms with van der Waals surface area (Å²) in [5, 5.41) is 7.39. The van der Waals surface area contributed by atoms with Crippen LogP contribution in [-0.2, 0) is 16.1 Å². The average Bonchev–Trinajstić information content (AvgIpc) is 3.10. The van der Waals surface area contributed by atoms with Crippen LogP contribution in [0.25, 0.3) is 0 Å². The number of nitrogens with zero attached hydrogens (tertiary/aromatic N) is 5. The molecule has 0 N–H and O–H groups in total. The first kappa shape index (κ1) is 12.9. The van der Waals surface area contributed by atoms with Crippen LogP contribution in [-0.4, -0.2) is 68.8 Å². The van der Waals surface area contributed by atoms with Crippen LogP contribution in [0.1, 0.15) is 12.8 Å². The lowest BCUT2D eigenvalue weighted by Gasteiger charge is -2.21. The number of hydrogen-bond acceptors (Lipinski definition) is 5. The number of rotatable bonds is 3. The minimum absolute atomic E-state index is 0.0705. The van der Waals surface area contributed by atoms with E-state index >= 15 is 0 Å². The van der Waals surface area contributed by atoms with Crippen molar-refractivity contribution in [1.82, 2.24) is 24.6 Å². The van der Waals surface area contributed by atoms with E-state index in [0.717, 1.165) is 0 Å². The standard InChI is InChI=1S/C12H17N5O3/c1-15-6-12(20-11(15)19)3-5-17(7-12)10(18)2-4-16-8-13-14-9-16/h8-9H,2-7H2,1H3. The van der Waals surface area contributed by atoms with Gasteiger partial charge < -0.3 is 19.1 Å². The maximum absolute atomic E-state index is 12.2. The van der Waals surface area contributed by atoms with Crippen molar-refractivity contribution in [3.05, 3.63) is 12.7 Å². The predicted octanol–water partition coefficient (Wildman–Crippen LogP) is -0.279. The van der Waals surface area contributed by atoms with Gasteiger partial charge in [0, 0.05) is 33.0 Å². The molecule has 108 valence electrons. The fourth-order valence-electron chi connectivity index (χ4n) is 2.78. The summed E-state index contributed by atoms with van der Waals surface area (Å²) in [4.78, 5) is 27.0. The molecule has 0 bridgehead atoms. The van der Waals surface area contributed by atoms with E-state index in [-0.39, 0.29) is 12.0 Å². The Bertz CT molecular complexity index is 517. The highest BCUT2D eigenvalue weighted by Gasteiger charge is 2.49. The quantitative estimate of drug-likeness (QED) is 0.760. The first-order chi connectivity index (χ1) is 9.58. The Labute approximate surface area is 116 Å². The van der Waals surface area contributed by atoms with E-state index in [0.29, 0.717) is 39.0 Å². The molecule has 2 fully saturated rings. The van der Waals surface area contributed by atoms with Gasteiger partial charge in [-0.1, -0.05) is 0 Å². The minimum Gasteiger partial charge on any atom is -0.439 e. The van der Waals surface area contributed by atoms with Crippen LogP contribution in [0.15, 0.2) is 12.7 Å². The molecule has 1 unspecified atom stereocenters. The Morgan fingerprint density at radius 3 is 2.80 bits per heavy atom. The molecule has 1 aromatic rings. The van der Waals surface area contributed by atoms with Crippen LogP contribution in [0.4, 0.5) is 4.79 Å². The molecule has 2 amide bonds. The average molecular weight is 279 g/mol. The van der Waals surface area contributed by atoms with Gasteiger partial charge in [0.05, 0.1) is 13.1 Å². The first-order valence-corrected chi connectivity index (χ1v) is 6.62. The lowest BCUT2D eigenvalue weighted by atomic mass is 10.0. The van der Waals surface area contributed by atoms with Crippen LogP contribution in [0.2, 0.25) is 0 Å². The summed E-state index contributed by atoms with van der Waals surface area (Å²) >= 11 is 0. The maximum atomic E-state index is 12.2. The second kappa shape index (κ2) is 4.77. The predicted molar refractivity (Wildman–Crippen MR) is 67.7 cm³/mol. The van der Waals surface area contributed by atoms with E-state index in [9.17, 15) is 9.59 Å². The minimum atomic E-state index is -0.502. The molecule has 3 rings (SSSR count). The van der Waals surface area contributed by atoms with Crippen molar-refractivity contribution >= 4 is 12.0 Å². The highest BCUT2D eigenvalue weighted by molar-refractivity contribution is 5.77. The van der Waals surface area contributed by atoms with Crippen molar-refractivity contribution in [2.24, 2.45) is 0 Å². The van der Waals surface area contributed by atoms with Gasteiger partial charge in [0.1, 0.15) is 12.7 Å². The Morgan fingerprint density at radius 2 is 2.15 bits per heavy atom. The third-order valence-electron chi connectivity index (χ3n) is 3.86. The highest BCUT2D eigenvalue weighted by Crippen LogP contribution is 2.31. The molecule has 1 spiro atoms. The summed E-state index contributed by atoms with van der Waals surface area (Å²) in [6.07, 6.45) is 3.99. The van der Waals surface area contributed by atoms with E-state index in [1.54, 1.807) is 34.1 Å². The number of hydrogen-bond donors (Lipinski definition) is 0. The van der Waals surface area contributed by atoms with E-state index in [1.165, 1.54) is 0 Å². The van der Waals surface area contributed by atoms with Crippen molar-refractivity contribution < 1.29 is 14.3 Å². The molecule has 0 aromatic carbocycles. The molecule has 8 nitrogen and oxygen atoms in total. The number of aryl methyl sites for hydroxylation is 1. The summed E-state index contributed by atoms with van der Waals surface area (Å²) in [7, 11) is 1.72. The Kier molecular flexibility index (Phi) is 3.07. The van der Waals surface area contributed by atoms with Crippen LogP contribution < -0.4 is 0 Å². The number of likely N-dealkylation sites (tertiary alicyclic amines) is 1. The molecule has 1 aromatic heterocycles. The Balaban J connectivity index is 1.54. The summed E-state index contributed by atoms with van der Waals surface area (Å²) in [6, 6.07) is 0. The monoisotopic (exact) mass is 279 g/mol. The maximum Gasteiger partial charge on any atom is 0.410 e. The van der Waals surface area contributed by atoms with Gasteiger partial charge >= 0.3 is 6.09 Å². The second-order valence-electron chi connectivity index (χ2n) is 5.42. The number of ether oxygens (including phenoxy) is 1. The van der Waals surface area contributed by atoms with Gasteiger partial charge in [-0.2, -0.15) is 0 Å². The molecule has 1 atom stereocenters. The summed E-state index contributed by atoms with van der Waals surface area (Å²) in [5.41, 5.74) is -0.502. The number of likely N-dealkylation sites (N-methyl/N-ethyl adjacent to an activating group) is 1. The molecule has 2 aliphatic heterocycles.